The lowest BCUT2D eigenvalue weighted by Gasteiger charge is -2.25. The summed E-state index contributed by atoms with van der Waals surface area (Å²) in [5, 5.41) is 9.25. The first-order valence-electron chi connectivity index (χ1n) is 5.49. The summed E-state index contributed by atoms with van der Waals surface area (Å²) in [6.45, 7) is 2.24. The van der Waals surface area contributed by atoms with Crippen molar-refractivity contribution in [3.05, 3.63) is 48.1 Å². The SMILES string of the molecule is CC1(CO)C=CC(c2ccc(N)cc2)=CC1. The van der Waals surface area contributed by atoms with E-state index in [1.807, 2.05) is 24.3 Å². The molecular weight excluding hydrogens is 198 g/mol. The molecule has 1 aliphatic carbocycles. The summed E-state index contributed by atoms with van der Waals surface area (Å²) in [5.74, 6) is 0. The normalized spacial score (nSPS) is 24.2. The number of aliphatic hydroxyl groups excluding tert-OH is 1. The molecule has 3 N–H and O–H groups in total. The van der Waals surface area contributed by atoms with Crippen LogP contribution in [0, 0.1) is 5.41 Å². The van der Waals surface area contributed by atoms with Crippen LogP contribution in [0.4, 0.5) is 5.69 Å². The second kappa shape index (κ2) is 4.14. The predicted octanol–water partition coefficient (Wildman–Crippen LogP) is 2.61. The Balaban J connectivity index is 2.20. The van der Waals surface area contributed by atoms with Crippen molar-refractivity contribution in [2.24, 2.45) is 5.41 Å². The van der Waals surface area contributed by atoms with Crippen LogP contribution in [0.5, 0.6) is 0 Å². The quantitative estimate of drug-likeness (QED) is 0.745. The summed E-state index contributed by atoms with van der Waals surface area (Å²) in [6, 6.07) is 7.86. The van der Waals surface area contributed by atoms with E-state index in [-0.39, 0.29) is 12.0 Å². The molecule has 2 heteroatoms. The van der Waals surface area contributed by atoms with Gasteiger partial charge in [0.1, 0.15) is 0 Å². The molecule has 16 heavy (non-hydrogen) atoms. The monoisotopic (exact) mass is 215 g/mol. The molecular formula is C14H17NO. The Kier molecular flexibility index (Phi) is 2.84. The van der Waals surface area contributed by atoms with E-state index in [4.69, 9.17) is 5.73 Å². The molecule has 0 heterocycles. The van der Waals surface area contributed by atoms with Gasteiger partial charge in [-0.25, -0.2) is 0 Å². The molecule has 0 fully saturated rings. The van der Waals surface area contributed by atoms with Crippen LogP contribution >= 0.6 is 0 Å². The number of nitrogens with two attached hydrogens (primary N) is 1. The minimum Gasteiger partial charge on any atom is -0.399 e. The number of rotatable bonds is 2. The van der Waals surface area contributed by atoms with E-state index in [0.29, 0.717) is 0 Å². The number of allylic oxidation sites excluding steroid dienone is 3. The molecule has 0 amide bonds. The lowest BCUT2D eigenvalue weighted by atomic mass is 9.81. The molecule has 1 unspecified atom stereocenters. The van der Waals surface area contributed by atoms with Gasteiger partial charge in [0.25, 0.3) is 0 Å². The first kappa shape index (κ1) is 11.0. The second-order valence-corrected chi connectivity index (χ2v) is 4.63. The zero-order valence-corrected chi connectivity index (χ0v) is 9.48. The van der Waals surface area contributed by atoms with Crippen LogP contribution in [0.15, 0.2) is 42.5 Å². The standard InChI is InChI=1S/C14H17NO/c1-14(10-16)8-6-12(7-9-14)11-2-4-13(15)5-3-11/h2-8,16H,9-10,15H2,1H3. The number of hydrogen-bond donors (Lipinski definition) is 2. The average Bonchev–Trinajstić information content (AvgIpc) is 2.32. The van der Waals surface area contributed by atoms with Gasteiger partial charge >= 0.3 is 0 Å². The molecule has 0 aromatic heterocycles. The summed E-state index contributed by atoms with van der Waals surface area (Å²) in [7, 11) is 0. The highest BCUT2D eigenvalue weighted by atomic mass is 16.3. The van der Waals surface area contributed by atoms with Gasteiger partial charge in [-0.05, 0) is 29.7 Å². The molecule has 84 valence electrons. The van der Waals surface area contributed by atoms with Crippen molar-refractivity contribution in [1.29, 1.82) is 0 Å². The molecule has 2 rings (SSSR count). The van der Waals surface area contributed by atoms with Crippen molar-refractivity contribution < 1.29 is 5.11 Å². The Morgan fingerprint density at radius 1 is 1.31 bits per heavy atom. The van der Waals surface area contributed by atoms with E-state index in [0.717, 1.165) is 12.1 Å². The lowest BCUT2D eigenvalue weighted by molar-refractivity contribution is 0.186. The van der Waals surface area contributed by atoms with Crippen LogP contribution in [-0.2, 0) is 0 Å². The summed E-state index contributed by atoms with van der Waals surface area (Å²) < 4.78 is 0. The molecule has 0 aliphatic heterocycles. The topological polar surface area (TPSA) is 46.2 Å². The van der Waals surface area contributed by atoms with Crippen LogP contribution in [0.1, 0.15) is 18.9 Å². The highest BCUT2D eigenvalue weighted by molar-refractivity contribution is 5.75. The van der Waals surface area contributed by atoms with Crippen molar-refractivity contribution >= 4 is 11.3 Å². The maximum absolute atomic E-state index is 9.25. The Morgan fingerprint density at radius 2 is 2.00 bits per heavy atom. The maximum atomic E-state index is 9.25. The summed E-state index contributed by atoms with van der Waals surface area (Å²) in [6.07, 6.45) is 7.20. The van der Waals surface area contributed by atoms with E-state index in [2.05, 4.69) is 25.2 Å². The molecule has 0 radical (unpaired) electrons. The van der Waals surface area contributed by atoms with Gasteiger partial charge in [-0.15, -0.1) is 0 Å². The van der Waals surface area contributed by atoms with Crippen LogP contribution < -0.4 is 5.73 Å². The number of benzene rings is 1. The van der Waals surface area contributed by atoms with E-state index < -0.39 is 0 Å². The molecule has 1 aliphatic rings. The van der Waals surface area contributed by atoms with Gasteiger partial charge in [-0.2, -0.15) is 0 Å². The van der Waals surface area contributed by atoms with Crippen LogP contribution in [0.3, 0.4) is 0 Å². The van der Waals surface area contributed by atoms with Gasteiger partial charge in [0.2, 0.25) is 0 Å². The lowest BCUT2D eigenvalue weighted by Crippen LogP contribution is -2.19. The zero-order valence-electron chi connectivity index (χ0n) is 9.48. The third-order valence-corrected chi connectivity index (χ3v) is 3.06. The third-order valence-electron chi connectivity index (χ3n) is 3.06. The Morgan fingerprint density at radius 3 is 2.50 bits per heavy atom. The minimum atomic E-state index is -0.0999. The molecule has 0 saturated heterocycles. The van der Waals surface area contributed by atoms with Crippen LogP contribution in [-0.4, -0.2) is 11.7 Å². The van der Waals surface area contributed by atoms with Crippen LogP contribution in [0.2, 0.25) is 0 Å². The van der Waals surface area contributed by atoms with Gasteiger partial charge in [0, 0.05) is 11.1 Å². The predicted molar refractivity (Wildman–Crippen MR) is 67.8 cm³/mol. The minimum absolute atomic E-state index is 0.0999. The van der Waals surface area contributed by atoms with Crippen molar-refractivity contribution in [3.8, 4) is 0 Å². The smallest absolute Gasteiger partial charge is 0.0522 e. The number of aliphatic hydroxyl groups is 1. The number of nitrogen functional groups attached to an aromatic ring is 1. The number of hydrogen-bond acceptors (Lipinski definition) is 2. The second-order valence-electron chi connectivity index (χ2n) is 4.63. The summed E-state index contributed by atoms with van der Waals surface area (Å²) in [5.41, 5.74) is 8.70. The van der Waals surface area contributed by atoms with Crippen molar-refractivity contribution in [2.75, 3.05) is 12.3 Å². The third kappa shape index (κ3) is 2.17. The zero-order chi connectivity index (χ0) is 11.6. The van der Waals surface area contributed by atoms with Crippen molar-refractivity contribution in [2.45, 2.75) is 13.3 Å². The first-order chi connectivity index (χ1) is 7.63. The Labute approximate surface area is 96.1 Å². The average molecular weight is 215 g/mol. The van der Waals surface area contributed by atoms with Crippen molar-refractivity contribution in [3.63, 3.8) is 0 Å². The van der Waals surface area contributed by atoms with E-state index in [1.165, 1.54) is 11.1 Å². The number of anilines is 1. The largest absolute Gasteiger partial charge is 0.399 e. The fourth-order valence-corrected chi connectivity index (χ4v) is 1.78. The van der Waals surface area contributed by atoms with Crippen LogP contribution in [0.25, 0.3) is 5.57 Å². The van der Waals surface area contributed by atoms with Gasteiger partial charge < -0.3 is 10.8 Å². The molecule has 1 aromatic rings. The van der Waals surface area contributed by atoms with Crippen molar-refractivity contribution in [1.82, 2.24) is 0 Å². The first-order valence-corrected chi connectivity index (χ1v) is 5.49. The Hall–Kier alpha value is -1.54. The molecule has 0 spiro atoms. The molecule has 2 nitrogen and oxygen atoms in total. The van der Waals surface area contributed by atoms with Gasteiger partial charge in [-0.3, -0.25) is 0 Å². The molecule has 1 aromatic carbocycles. The maximum Gasteiger partial charge on any atom is 0.0522 e. The van der Waals surface area contributed by atoms with E-state index >= 15 is 0 Å². The molecule has 0 saturated carbocycles. The van der Waals surface area contributed by atoms with E-state index in [9.17, 15) is 5.11 Å². The molecule has 1 atom stereocenters. The Bertz CT molecular complexity index is 431. The van der Waals surface area contributed by atoms with Gasteiger partial charge in [0.05, 0.1) is 6.61 Å². The van der Waals surface area contributed by atoms with E-state index in [1.54, 1.807) is 0 Å². The fraction of sp³-hybridized carbons (Fsp3) is 0.286. The van der Waals surface area contributed by atoms with Gasteiger partial charge in [0.15, 0.2) is 0 Å². The fourth-order valence-electron chi connectivity index (χ4n) is 1.78. The summed E-state index contributed by atoms with van der Waals surface area (Å²) in [4.78, 5) is 0. The highest BCUT2D eigenvalue weighted by Crippen LogP contribution is 2.32. The van der Waals surface area contributed by atoms with Gasteiger partial charge in [-0.1, -0.05) is 37.3 Å². The molecule has 0 bridgehead atoms. The highest BCUT2D eigenvalue weighted by Gasteiger charge is 2.21. The summed E-state index contributed by atoms with van der Waals surface area (Å²) >= 11 is 0.